The molecule has 0 bridgehead atoms. The molecule has 2 aromatic heterocycles. The number of aryl methyl sites for hydroxylation is 1. The Hall–Kier alpha value is -1.65. The second-order valence-electron chi connectivity index (χ2n) is 6.22. The largest absolute Gasteiger partial charge is 0.294 e. The molecule has 0 amide bonds. The van der Waals surface area contributed by atoms with E-state index in [1.807, 2.05) is 24.3 Å². The third kappa shape index (κ3) is 2.60. The molecule has 3 aromatic rings. The van der Waals surface area contributed by atoms with Crippen LogP contribution in [0.5, 0.6) is 0 Å². The molecule has 23 heavy (non-hydrogen) atoms. The lowest BCUT2D eigenvalue weighted by Crippen LogP contribution is -2.22. The average molecular weight is 345 g/mol. The third-order valence-corrected chi connectivity index (χ3v) is 6.02. The summed E-state index contributed by atoms with van der Waals surface area (Å²) in [6, 6.07) is 7.60. The van der Waals surface area contributed by atoms with E-state index >= 15 is 0 Å². The normalized spacial score (nSPS) is 17.4. The lowest BCUT2D eigenvalue weighted by atomic mass is 9.88. The highest BCUT2D eigenvalue weighted by Crippen LogP contribution is 2.39. The topological polar surface area (TPSA) is 34.9 Å². The van der Waals surface area contributed by atoms with E-state index in [4.69, 9.17) is 11.6 Å². The lowest BCUT2D eigenvalue weighted by molar-refractivity contribution is 0.601. The number of rotatable bonds is 2. The summed E-state index contributed by atoms with van der Waals surface area (Å²) >= 11 is 7.62. The number of nitrogens with zero attached hydrogens (tertiary/aromatic N) is 2. The summed E-state index contributed by atoms with van der Waals surface area (Å²) in [4.78, 5) is 19.8. The van der Waals surface area contributed by atoms with Crippen LogP contribution in [0.3, 0.4) is 0 Å². The Labute approximate surface area is 143 Å². The van der Waals surface area contributed by atoms with Crippen LogP contribution in [0.1, 0.15) is 41.7 Å². The maximum Gasteiger partial charge on any atom is 0.262 e. The molecule has 2 heterocycles. The smallest absolute Gasteiger partial charge is 0.262 e. The zero-order valence-corrected chi connectivity index (χ0v) is 14.5. The summed E-state index contributed by atoms with van der Waals surface area (Å²) in [6.07, 6.45) is 5.12. The number of thiophene rings is 1. The van der Waals surface area contributed by atoms with Crippen LogP contribution in [-0.2, 0) is 13.0 Å². The third-order valence-electron chi connectivity index (χ3n) is 4.59. The molecule has 1 unspecified atom stereocenters. The van der Waals surface area contributed by atoms with E-state index in [9.17, 15) is 4.79 Å². The number of benzene rings is 1. The Balaban J connectivity index is 1.83. The van der Waals surface area contributed by atoms with Gasteiger partial charge in [-0.15, -0.1) is 11.3 Å². The molecule has 0 aliphatic heterocycles. The minimum Gasteiger partial charge on any atom is -0.294 e. The van der Waals surface area contributed by atoms with Gasteiger partial charge in [0.1, 0.15) is 4.83 Å². The van der Waals surface area contributed by atoms with Gasteiger partial charge in [-0.05, 0) is 48.4 Å². The molecule has 1 atom stereocenters. The summed E-state index contributed by atoms with van der Waals surface area (Å²) in [7, 11) is 0. The zero-order chi connectivity index (χ0) is 16.0. The highest BCUT2D eigenvalue weighted by molar-refractivity contribution is 7.18. The van der Waals surface area contributed by atoms with Gasteiger partial charge in [-0.25, -0.2) is 4.98 Å². The van der Waals surface area contributed by atoms with Gasteiger partial charge < -0.3 is 0 Å². The first-order valence-corrected chi connectivity index (χ1v) is 9.08. The summed E-state index contributed by atoms with van der Waals surface area (Å²) in [5.74, 6) is 0.452. The minimum absolute atomic E-state index is 0.0798. The Morgan fingerprint density at radius 1 is 1.35 bits per heavy atom. The van der Waals surface area contributed by atoms with E-state index in [1.165, 1.54) is 16.9 Å². The van der Waals surface area contributed by atoms with Crippen LogP contribution in [0, 0.1) is 0 Å². The average Bonchev–Trinajstić information content (AvgIpc) is 2.93. The maximum atomic E-state index is 13.0. The van der Waals surface area contributed by atoms with Crippen LogP contribution in [0.15, 0.2) is 35.4 Å². The first kappa shape index (κ1) is 14.9. The molecule has 1 aliphatic carbocycles. The monoisotopic (exact) mass is 344 g/mol. The van der Waals surface area contributed by atoms with Gasteiger partial charge in [-0.2, -0.15) is 0 Å². The summed E-state index contributed by atoms with van der Waals surface area (Å²) in [6.45, 7) is 2.75. The van der Waals surface area contributed by atoms with Crippen LogP contribution in [0.25, 0.3) is 10.2 Å². The maximum absolute atomic E-state index is 13.0. The Bertz CT molecular complexity index is 927. The standard InChI is InChI=1S/C18H17ClN2OS/c1-11-3-2-4-14-15(11)16-17(23-14)20-10-21(18(16)22)9-12-5-7-13(19)8-6-12/h5-8,10-11H,2-4,9H2,1H3. The van der Waals surface area contributed by atoms with E-state index in [1.54, 1.807) is 22.2 Å². The highest BCUT2D eigenvalue weighted by atomic mass is 35.5. The van der Waals surface area contributed by atoms with Crippen molar-refractivity contribution >= 4 is 33.2 Å². The van der Waals surface area contributed by atoms with Gasteiger partial charge in [0.15, 0.2) is 0 Å². The van der Waals surface area contributed by atoms with Crippen molar-refractivity contribution in [3.05, 3.63) is 62.0 Å². The molecule has 0 saturated carbocycles. The van der Waals surface area contributed by atoms with E-state index in [-0.39, 0.29) is 5.56 Å². The zero-order valence-electron chi connectivity index (χ0n) is 12.9. The van der Waals surface area contributed by atoms with Gasteiger partial charge in [0, 0.05) is 9.90 Å². The summed E-state index contributed by atoms with van der Waals surface area (Å²) in [5, 5.41) is 1.55. The molecular weight excluding hydrogens is 328 g/mol. The van der Waals surface area contributed by atoms with E-state index in [0.717, 1.165) is 28.6 Å². The molecule has 0 spiro atoms. The van der Waals surface area contributed by atoms with Crippen molar-refractivity contribution in [2.75, 3.05) is 0 Å². The molecule has 118 valence electrons. The van der Waals surface area contributed by atoms with Crippen LogP contribution in [-0.4, -0.2) is 9.55 Å². The molecule has 3 nitrogen and oxygen atoms in total. The van der Waals surface area contributed by atoms with Crippen molar-refractivity contribution < 1.29 is 0 Å². The second kappa shape index (κ2) is 5.77. The molecule has 0 N–H and O–H groups in total. The predicted octanol–water partition coefficient (Wildman–Crippen LogP) is 4.60. The summed E-state index contributed by atoms with van der Waals surface area (Å²) in [5.41, 5.74) is 2.38. The van der Waals surface area contributed by atoms with Crippen molar-refractivity contribution in [2.45, 2.75) is 38.6 Å². The lowest BCUT2D eigenvalue weighted by Gasteiger charge is -2.18. The van der Waals surface area contributed by atoms with Gasteiger partial charge in [-0.1, -0.05) is 30.7 Å². The van der Waals surface area contributed by atoms with Crippen molar-refractivity contribution in [3.8, 4) is 0 Å². The number of halogens is 1. The first-order valence-electron chi connectivity index (χ1n) is 7.88. The van der Waals surface area contributed by atoms with Gasteiger partial charge >= 0.3 is 0 Å². The molecule has 0 saturated heterocycles. The van der Waals surface area contributed by atoms with Gasteiger partial charge in [0.25, 0.3) is 5.56 Å². The molecule has 0 fully saturated rings. The minimum atomic E-state index is 0.0798. The Morgan fingerprint density at radius 2 is 2.13 bits per heavy atom. The van der Waals surface area contributed by atoms with Crippen molar-refractivity contribution in [3.63, 3.8) is 0 Å². The number of fused-ring (bicyclic) bond motifs is 3. The van der Waals surface area contributed by atoms with Gasteiger partial charge in [0.2, 0.25) is 0 Å². The van der Waals surface area contributed by atoms with Crippen LogP contribution < -0.4 is 5.56 Å². The fourth-order valence-electron chi connectivity index (χ4n) is 3.41. The van der Waals surface area contributed by atoms with Crippen molar-refractivity contribution in [1.29, 1.82) is 0 Å². The van der Waals surface area contributed by atoms with Gasteiger partial charge in [0.05, 0.1) is 18.3 Å². The fourth-order valence-corrected chi connectivity index (χ4v) is 4.83. The van der Waals surface area contributed by atoms with Crippen molar-refractivity contribution in [2.24, 2.45) is 0 Å². The predicted molar refractivity (Wildman–Crippen MR) is 95.8 cm³/mol. The van der Waals surface area contributed by atoms with Crippen LogP contribution in [0.4, 0.5) is 0 Å². The Morgan fingerprint density at radius 3 is 2.91 bits per heavy atom. The quantitative estimate of drug-likeness (QED) is 0.681. The number of hydrogen-bond acceptors (Lipinski definition) is 3. The van der Waals surface area contributed by atoms with Crippen LogP contribution >= 0.6 is 22.9 Å². The molecule has 4 rings (SSSR count). The molecule has 0 radical (unpaired) electrons. The molecule has 1 aromatic carbocycles. The summed E-state index contributed by atoms with van der Waals surface area (Å²) < 4.78 is 1.71. The SMILES string of the molecule is CC1CCCc2sc3ncn(Cc4ccc(Cl)cc4)c(=O)c3c21. The van der Waals surface area contributed by atoms with E-state index in [2.05, 4.69) is 11.9 Å². The van der Waals surface area contributed by atoms with Gasteiger partial charge in [-0.3, -0.25) is 9.36 Å². The van der Waals surface area contributed by atoms with Crippen molar-refractivity contribution in [1.82, 2.24) is 9.55 Å². The first-order chi connectivity index (χ1) is 11.1. The molecule has 1 aliphatic rings. The fraction of sp³-hybridized carbons (Fsp3) is 0.333. The van der Waals surface area contributed by atoms with E-state index < -0.39 is 0 Å². The number of hydrogen-bond donors (Lipinski definition) is 0. The second-order valence-corrected chi connectivity index (χ2v) is 7.74. The molecular formula is C18H17ClN2OS. The highest BCUT2D eigenvalue weighted by Gasteiger charge is 2.24. The molecule has 5 heteroatoms. The number of aromatic nitrogens is 2. The van der Waals surface area contributed by atoms with E-state index in [0.29, 0.717) is 17.5 Å². The van der Waals surface area contributed by atoms with Crippen LogP contribution in [0.2, 0.25) is 5.02 Å². The Kier molecular flexibility index (Phi) is 3.74.